The quantitative estimate of drug-likeness (QED) is 0.601. The molecule has 112 valence electrons. The summed E-state index contributed by atoms with van der Waals surface area (Å²) in [6.07, 6.45) is -0.240. The third-order valence-electron chi connectivity index (χ3n) is 3.54. The highest BCUT2D eigenvalue weighted by atomic mass is 16.5. The van der Waals surface area contributed by atoms with Gasteiger partial charge in [0.1, 0.15) is 12.4 Å². The fourth-order valence-corrected chi connectivity index (χ4v) is 2.35. The zero-order chi connectivity index (χ0) is 14.2. The fourth-order valence-electron chi connectivity index (χ4n) is 2.35. The predicted octanol–water partition coefficient (Wildman–Crippen LogP) is 0.382. The highest BCUT2D eigenvalue weighted by molar-refractivity contribution is 5.33. The lowest BCUT2D eigenvalue weighted by atomic mass is 10.1. The molecule has 0 amide bonds. The number of hydrogen-bond donors (Lipinski definition) is 3. The summed E-state index contributed by atoms with van der Waals surface area (Å²) in [7, 11) is 1.66. The Balaban J connectivity index is 1.79. The second-order valence-corrected chi connectivity index (χ2v) is 5.07. The van der Waals surface area contributed by atoms with Gasteiger partial charge >= 0.3 is 0 Å². The topological polar surface area (TPSA) is 62.8 Å². The number of nitrogens with one attached hydrogen (secondary N) is 2. The highest BCUT2D eigenvalue weighted by Crippen LogP contribution is 2.18. The van der Waals surface area contributed by atoms with Gasteiger partial charge in [0.2, 0.25) is 0 Å². The van der Waals surface area contributed by atoms with Crippen molar-refractivity contribution in [3.05, 3.63) is 29.8 Å². The number of para-hydroxylation sites is 1. The van der Waals surface area contributed by atoms with Crippen LogP contribution in [0.15, 0.2) is 24.3 Å². The van der Waals surface area contributed by atoms with E-state index >= 15 is 0 Å². The molecule has 1 fully saturated rings. The van der Waals surface area contributed by atoms with Crippen molar-refractivity contribution in [1.29, 1.82) is 0 Å². The SMILES string of the molecule is COCCOc1ccccc1CNCC1CNCC1O. The van der Waals surface area contributed by atoms with E-state index in [0.717, 1.165) is 30.9 Å². The lowest BCUT2D eigenvalue weighted by Gasteiger charge is -2.16. The molecule has 2 atom stereocenters. The molecule has 1 aliphatic rings. The summed E-state index contributed by atoms with van der Waals surface area (Å²) >= 11 is 0. The van der Waals surface area contributed by atoms with Crippen LogP contribution >= 0.6 is 0 Å². The summed E-state index contributed by atoms with van der Waals surface area (Å²) in [5.74, 6) is 1.18. The summed E-state index contributed by atoms with van der Waals surface area (Å²) in [5, 5.41) is 16.3. The average molecular weight is 280 g/mol. The van der Waals surface area contributed by atoms with Crippen LogP contribution in [0.5, 0.6) is 5.75 Å². The van der Waals surface area contributed by atoms with Gasteiger partial charge in [0.05, 0.1) is 12.7 Å². The second-order valence-electron chi connectivity index (χ2n) is 5.07. The van der Waals surface area contributed by atoms with Crippen molar-refractivity contribution in [1.82, 2.24) is 10.6 Å². The third kappa shape index (κ3) is 4.45. The van der Waals surface area contributed by atoms with E-state index in [-0.39, 0.29) is 12.0 Å². The monoisotopic (exact) mass is 280 g/mol. The minimum absolute atomic E-state index is 0.240. The van der Waals surface area contributed by atoms with Gasteiger partial charge in [0, 0.05) is 44.8 Å². The maximum Gasteiger partial charge on any atom is 0.123 e. The van der Waals surface area contributed by atoms with Crippen LogP contribution in [0.2, 0.25) is 0 Å². The van der Waals surface area contributed by atoms with Crippen LogP contribution in [0.3, 0.4) is 0 Å². The maximum atomic E-state index is 9.74. The van der Waals surface area contributed by atoms with Gasteiger partial charge in [-0.05, 0) is 6.07 Å². The summed E-state index contributed by atoms with van der Waals surface area (Å²) in [5.41, 5.74) is 1.13. The molecule has 3 N–H and O–H groups in total. The Hall–Kier alpha value is -1.14. The molecule has 0 saturated carbocycles. The molecule has 2 rings (SSSR count). The Bertz CT molecular complexity index is 400. The van der Waals surface area contributed by atoms with E-state index in [2.05, 4.69) is 16.7 Å². The summed E-state index contributed by atoms with van der Waals surface area (Å²) < 4.78 is 10.7. The van der Waals surface area contributed by atoms with E-state index in [1.54, 1.807) is 7.11 Å². The fraction of sp³-hybridized carbons (Fsp3) is 0.600. The van der Waals surface area contributed by atoms with Crippen LogP contribution < -0.4 is 15.4 Å². The molecule has 20 heavy (non-hydrogen) atoms. The molecule has 5 nitrogen and oxygen atoms in total. The Morgan fingerprint density at radius 1 is 1.30 bits per heavy atom. The number of ether oxygens (including phenoxy) is 2. The highest BCUT2D eigenvalue weighted by Gasteiger charge is 2.24. The lowest BCUT2D eigenvalue weighted by Crippen LogP contribution is -2.30. The summed E-state index contributed by atoms with van der Waals surface area (Å²) in [6.45, 7) is 4.26. The van der Waals surface area contributed by atoms with Crippen LogP contribution in [-0.4, -0.2) is 51.2 Å². The van der Waals surface area contributed by atoms with Crippen LogP contribution in [0.4, 0.5) is 0 Å². The molecular formula is C15H24N2O3. The molecule has 0 bridgehead atoms. The van der Waals surface area contributed by atoms with E-state index < -0.39 is 0 Å². The van der Waals surface area contributed by atoms with E-state index in [1.807, 2.05) is 18.2 Å². The number of β-amino-alcohol motifs (C(OH)–C–C–N with tert-alkyl or cyclic N) is 1. The Morgan fingerprint density at radius 3 is 2.90 bits per heavy atom. The molecule has 0 radical (unpaired) electrons. The molecule has 1 saturated heterocycles. The number of aliphatic hydroxyl groups is 1. The van der Waals surface area contributed by atoms with E-state index in [1.165, 1.54) is 0 Å². The smallest absolute Gasteiger partial charge is 0.123 e. The van der Waals surface area contributed by atoms with Gasteiger partial charge in [-0.2, -0.15) is 0 Å². The molecule has 0 aromatic heterocycles. The van der Waals surface area contributed by atoms with Crippen molar-refractivity contribution in [2.45, 2.75) is 12.6 Å². The molecule has 1 heterocycles. The first-order chi connectivity index (χ1) is 9.81. The zero-order valence-electron chi connectivity index (χ0n) is 12.0. The molecule has 1 aromatic rings. The third-order valence-corrected chi connectivity index (χ3v) is 3.54. The van der Waals surface area contributed by atoms with Gasteiger partial charge in [-0.25, -0.2) is 0 Å². The number of aliphatic hydroxyl groups excluding tert-OH is 1. The van der Waals surface area contributed by atoms with Gasteiger partial charge in [-0.3, -0.25) is 0 Å². The lowest BCUT2D eigenvalue weighted by molar-refractivity contribution is 0.144. The molecule has 2 unspecified atom stereocenters. The molecule has 1 aliphatic heterocycles. The van der Waals surface area contributed by atoms with E-state index in [0.29, 0.717) is 19.8 Å². The van der Waals surface area contributed by atoms with Crippen molar-refractivity contribution in [2.75, 3.05) is 40.0 Å². The van der Waals surface area contributed by atoms with Crippen LogP contribution in [0.25, 0.3) is 0 Å². The number of benzene rings is 1. The Morgan fingerprint density at radius 2 is 2.15 bits per heavy atom. The predicted molar refractivity (Wildman–Crippen MR) is 77.9 cm³/mol. The number of rotatable bonds is 8. The standard InChI is InChI=1S/C15H24N2O3/c1-19-6-7-20-15-5-3-2-4-12(15)8-16-9-13-10-17-11-14(13)18/h2-5,13-14,16-18H,6-11H2,1H3. The van der Waals surface area contributed by atoms with Crippen molar-refractivity contribution in [3.8, 4) is 5.75 Å². The van der Waals surface area contributed by atoms with Crippen LogP contribution in [-0.2, 0) is 11.3 Å². The van der Waals surface area contributed by atoms with Gasteiger partial charge in [0.25, 0.3) is 0 Å². The Labute approximate surface area is 120 Å². The minimum Gasteiger partial charge on any atom is -0.491 e. The van der Waals surface area contributed by atoms with Crippen LogP contribution in [0, 0.1) is 5.92 Å². The number of methoxy groups -OCH3 is 1. The van der Waals surface area contributed by atoms with Gasteiger partial charge in [-0.1, -0.05) is 18.2 Å². The normalized spacial score (nSPS) is 22.1. The molecular weight excluding hydrogens is 256 g/mol. The largest absolute Gasteiger partial charge is 0.491 e. The second kappa shape index (κ2) is 8.21. The average Bonchev–Trinajstić information content (AvgIpc) is 2.86. The molecule has 0 spiro atoms. The van der Waals surface area contributed by atoms with Crippen LogP contribution in [0.1, 0.15) is 5.56 Å². The molecule has 0 aliphatic carbocycles. The number of hydrogen-bond acceptors (Lipinski definition) is 5. The van der Waals surface area contributed by atoms with Gasteiger partial charge in [-0.15, -0.1) is 0 Å². The van der Waals surface area contributed by atoms with E-state index in [4.69, 9.17) is 9.47 Å². The first-order valence-electron chi connectivity index (χ1n) is 7.10. The molecule has 5 heteroatoms. The minimum atomic E-state index is -0.240. The van der Waals surface area contributed by atoms with Gasteiger partial charge < -0.3 is 25.2 Å². The zero-order valence-corrected chi connectivity index (χ0v) is 12.0. The first kappa shape index (κ1) is 15.3. The Kier molecular flexibility index (Phi) is 6.26. The maximum absolute atomic E-state index is 9.74. The summed E-state index contributed by atoms with van der Waals surface area (Å²) in [6, 6.07) is 8.00. The van der Waals surface area contributed by atoms with Gasteiger partial charge in [0.15, 0.2) is 0 Å². The van der Waals surface area contributed by atoms with Crippen molar-refractivity contribution in [3.63, 3.8) is 0 Å². The van der Waals surface area contributed by atoms with Crippen molar-refractivity contribution in [2.24, 2.45) is 5.92 Å². The first-order valence-corrected chi connectivity index (χ1v) is 7.10. The van der Waals surface area contributed by atoms with Crippen molar-refractivity contribution >= 4 is 0 Å². The molecule has 1 aromatic carbocycles. The van der Waals surface area contributed by atoms with Crippen molar-refractivity contribution < 1.29 is 14.6 Å². The van der Waals surface area contributed by atoms with E-state index in [9.17, 15) is 5.11 Å². The summed E-state index contributed by atoms with van der Waals surface area (Å²) in [4.78, 5) is 0.